The van der Waals surface area contributed by atoms with E-state index in [2.05, 4.69) is 37.3 Å². The first-order chi connectivity index (χ1) is 11.3. The first kappa shape index (κ1) is 15.8. The largest absolute Gasteiger partial charge is 0.378 e. The van der Waals surface area contributed by atoms with Crippen molar-refractivity contribution < 1.29 is 4.74 Å². The summed E-state index contributed by atoms with van der Waals surface area (Å²) in [5.74, 6) is 0.501. The second-order valence-electron chi connectivity index (χ2n) is 6.33. The molecule has 0 spiro atoms. The fourth-order valence-electron chi connectivity index (χ4n) is 3.33. The molecule has 0 aromatic heterocycles. The summed E-state index contributed by atoms with van der Waals surface area (Å²) in [6.45, 7) is 3.05. The standard InChI is InChI=1S/C21H23NO/c1-2-4-21-12-11-20(15-23-21)19-6-3-5-18(13-19)17-9-7-16(14-22)8-10-17/h3,5-10,13,20-21H,2,4,11-12,15H2,1H3. The Kier molecular flexibility index (Phi) is 5.10. The van der Waals surface area contributed by atoms with Gasteiger partial charge >= 0.3 is 0 Å². The second-order valence-corrected chi connectivity index (χ2v) is 6.33. The van der Waals surface area contributed by atoms with E-state index in [1.54, 1.807) is 0 Å². The number of nitriles is 1. The van der Waals surface area contributed by atoms with E-state index in [0.29, 0.717) is 17.6 Å². The molecule has 1 aliphatic heterocycles. The van der Waals surface area contributed by atoms with Crippen LogP contribution in [0.15, 0.2) is 48.5 Å². The molecular weight excluding hydrogens is 282 g/mol. The fourth-order valence-corrected chi connectivity index (χ4v) is 3.33. The van der Waals surface area contributed by atoms with E-state index in [9.17, 15) is 0 Å². The van der Waals surface area contributed by atoms with Crippen LogP contribution >= 0.6 is 0 Å². The maximum Gasteiger partial charge on any atom is 0.0991 e. The highest BCUT2D eigenvalue weighted by molar-refractivity contribution is 5.65. The van der Waals surface area contributed by atoms with Crippen molar-refractivity contribution in [3.05, 3.63) is 59.7 Å². The first-order valence-electron chi connectivity index (χ1n) is 8.52. The van der Waals surface area contributed by atoms with Crippen LogP contribution in [0.25, 0.3) is 11.1 Å². The van der Waals surface area contributed by atoms with Crippen molar-refractivity contribution in [2.75, 3.05) is 6.61 Å². The lowest BCUT2D eigenvalue weighted by atomic mass is 9.89. The van der Waals surface area contributed by atoms with Crippen LogP contribution in [0.3, 0.4) is 0 Å². The van der Waals surface area contributed by atoms with Gasteiger partial charge in [-0.2, -0.15) is 5.26 Å². The Morgan fingerprint density at radius 3 is 2.57 bits per heavy atom. The lowest BCUT2D eigenvalue weighted by Crippen LogP contribution is -2.24. The average Bonchev–Trinajstić information content (AvgIpc) is 2.63. The maximum atomic E-state index is 8.91. The number of hydrogen-bond donors (Lipinski definition) is 0. The topological polar surface area (TPSA) is 33.0 Å². The predicted molar refractivity (Wildman–Crippen MR) is 93.2 cm³/mol. The quantitative estimate of drug-likeness (QED) is 0.769. The molecule has 23 heavy (non-hydrogen) atoms. The Hall–Kier alpha value is -2.11. The highest BCUT2D eigenvalue weighted by Gasteiger charge is 2.22. The fraction of sp³-hybridized carbons (Fsp3) is 0.381. The van der Waals surface area contributed by atoms with Crippen LogP contribution in [0.5, 0.6) is 0 Å². The number of hydrogen-bond acceptors (Lipinski definition) is 2. The van der Waals surface area contributed by atoms with Crippen LogP contribution < -0.4 is 0 Å². The summed E-state index contributed by atoms with van der Waals surface area (Å²) in [5.41, 5.74) is 4.43. The molecule has 0 aliphatic carbocycles. The molecule has 0 bridgehead atoms. The normalized spacial score (nSPS) is 20.9. The summed E-state index contributed by atoms with van der Waals surface area (Å²) < 4.78 is 6.03. The minimum atomic E-state index is 0.456. The highest BCUT2D eigenvalue weighted by atomic mass is 16.5. The molecule has 1 saturated heterocycles. The van der Waals surface area contributed by atoms with E-state index in [-0.39, 0.29) is 0 Å². The van der Waals surface area contributed by atoms with Gasteiger partial charge in [-0.25, -0.2) is 0 Å². The molecule has 2 unspecified atom stereocenters. The van der Waals surface area contributed by atoms with Gasteiger partial charge in [0, 0.05) is 5.92 Å². The van der Waals surface area contributed by atoms with Crippen molar-refractivity contribution in [2.45, 2.75) is 44.6 Å². The highest BCUT2D eigenvalue weighted by Crippen LogP contribution is 2.32. The van der Waals surface area contributed by atoms with Gasteiger partial charge in [-0.1, -0.05) is 49.7 Å². The van der Waals surface area contributed by atoms with Gasteiger partial charge in [0.1, 0.15) is 0 Å². The van der Waals surface area contributed by atoms with Gasteiger partial charge in [-0.3, -0.25) is 0 Å². The van der Waals surface area contributed by atoms with Crippen LogP contribution in [0.2, 0.25) is 0 Å². The molecule has 2 aromatic carbocycles. The Balaban J connectivity index is 1.74. The van der Waals surface area contributed by atoms with E-state index in [4.69, 9.17) is 10.00 Å². The Morgan fingerprint density at radius 2 is 1.91 bits per heavy atom. The number of benzene rings is 2. The van der Waals surface area contributed by atoms with E-state index in [1.165, 1.54) is 36.8 Å². The van der Waals surface area contributed by atoms with Crippen molar-refractivity contribution >= 4 is 0 Å². The Labute approximate surface area is 138 Å². The zero-order valence-corrected chi connectivity index (χ0v) is 13.7. The monoisotopic (exact) mass is 305 g/mol. The number of ether oxygens (including phenoxy) is 1. The van der Waals surface area contributed by atoms with Crippen molar-refractivity contribution in [3.8, 4) is 17.2 Å². The molecule has 2 nitrogen and oxygen atoms in total. The summed E-state index contributed by atoms with van der Waals surface area (Å²) in [6.07, 6.45) is 5.21. The van der Waals surface area contributed by atoms with E-state index in [1.807, 2.05) is 24.3 Å². The molecule has 1 aliphatic rings. The van der Waals surface area contributed by atoms with Crippen LogP contribution in [0.1, 0.15) is 49.7 Å². The number of nitrogens with zero attached hydrogens (tertiary/aromatic N) is 1. The summed E-state index contributed by atoms with van der Waals surface area (Å²) in [7, 11) is 0. The minimum Gasteiger partial charge on any atom is -0.378 e. The Bertz CT molecular complexity index is 676. The van der Waals surface area contributed by atoms with Gasteiger partial charge in [0.2, 0.25) is 0 Å². The Morgan fingerprint density at radius 1 is 1.09 bits per heavy atom. The molecule has 0 N–H and O–H groups in total. The number of rotatable bonds is 4. The molecule has 0 amide bonds. The third kappa shape index (κ3) is 3.81. The average molecular weight is 305 g/mol. The van der Waals surface area contributed by atoms with Crippen LogP contribution in [0, 0.1) is 11.3 Å². The smallest absolute Gasteiger partial charge is 0.0991 e. The minimum absolute atomic E-state index is 0.456. The molecule has 1 heterocycles. The third-order valence-corrected chi connectivity index (χ3v) is 4.69. The predicted octanol–water partition coefficient (Wildman–Crippen LogP) is 5.29. The summed E-state index contributed by atoms with van der Waals surface area (Å²) in [6, 6.07) is 18.7. The molecule has 1 fully saturated rings. The SMILES string of the molecule is CCCC1CCC(c2cccc(-c3ccc(C#N)cc3)c2)CO1. The maximum absolute atomic E-state index is 8.91. The van der Waals surface area contributed by atoms with Gasteiger partial charge in [0.05, 0.1) is 24.3 Å². The third-order valence-electron chi connectivity index (χ3n) is 4.69. The molecule has 3 rings (SSSR count). The molecule has 2 atom stereocenters. The van der Waals surface area contributed by atoms with Crippen molar-refractivity contribution in [1.82, 2.24) is 0 Å². The molecule has 0 saturated carbocycles. The van der Waals surface area contributed by atoms with E-state index in [0.717, 1.165) is 12.2 Å². The summed E-state index contributed by atoms with van der Waals surface area (Å²) in [5, 5.41) is 8.91. The summed E-state index contributed by atoms with van der Waals surface area (Å²) in [4.78, 5) is 0. The van der Waals surface area contributed by atoms with Gasteiger partial charge in [-0.15, -0.1) is 0 Å². The first-order valence-corrected chi connectivity index (χ1v) is 8.52. The molecule has 2 aromatic rings. The second kappa shape index (κ2) is 7.44. The van der Waals surface area contributed by atoms with Crippen LogP contribution in [0.4, 0.5) is 0 Å². The van der Waals surface area contributed by atoms with Crippen LogP contribution in [-0.2, 0) is 4.74 Å². The molecule has 2 heteroatoms. The van der Waals surface area contributed by atoms with Gasteiger partial charge < -0.3 is 4.74 Å². The van der Waals surface area contributed by atoms with Gasteiger partial charge in [0.15, 0.2) is 0 Å². The lowest BCUT2D eigenvalue weighted by molar-refractivity contribution is -0.00110. The molecule has 0 radical (unpaired) electrons. The summed E-state index contributed by atoms with van der Waals surface area (Å²) >= 11 is 0. The van der Waals surface area contributed by atoms with E-state index < -0.39 is 0 Å². The van der Waals surface area contributed by atoms with Crippen molar-refractivity contribution in [2.24, 2.45) is 0 Å². The molecular formula is C21H23NO. The van der Waals surface area contributed by atoms with E-state index >= 15 is 0 Å². The van der Waals surface area contributed by atoms with Crippen molar-refractivity contribution in [3.63, 3.8) is 0 Å². The zero-order chi connectivity index (χ0) is 16.1. The zero-order valence-electron chi connectivity index (χ0n) is 13.7. The molecule has 118 valence electrons. The van der Waals surface area contributed by atoms with Gasteiger partial charge in [-0.05, 0) is 48.1 Å². The van der Waals surface area contributed by atoms with Gasteiger partial charge in [0.25, 0.3) is 0 Å². The van der Waals surface area contributed by atoms with Crippen molar-refractivity contribution in [1.29, 1.82) is 5.26 Å². The lowest BCUT2D eigenvalue weighted by Gasteiger charge is -2.29. The van der Waals surface area contributed by atoms with Crippen LogP contribution in [-0.4, -0.2) is 12.7 Å².